The summed E-state index contributed by atoms with van der Waals surface area (Å²) in [6.45, 7) is 7.66. The predicted molar refractivity (Wildman–Crippen MR) is 143 cm³/mol. The Labute approximate surface area is 221 Å². The monoisotopic (exact) mass is 536 g/mol. The van der Waals surface area contributed by atoms with Crippen molar-refractivity contribution in [3.05, 3.63) is 48.5 Å². The molecule has 0 saturated carbocycles. The van der Waals surface area contributed by atoms with Crippen LogP contribution in [0.25, 0.3) is 0 Å². The maximum atomic E-state index is 12.9. The van der Waals surface area contributed by atoms with Crippen molar-refractivity contribution in [2.45, 2.75) is 29.7 Å². The maximum absolute atomic E-state index is 12.9. The zero-order valence-electron chi connectivity index (χ0n) is 21.3. The van der Waals surface area contributed by atoms with E-state index in [4.69, 9.17) is 4.74 Å². The summed E-state index contributed by atoms with van der Waals surface area (Å²) < 4.78 is 43.0. The summed E-state index contributed by atoms with van der Waals surface area (Å²) >= 11 is -0.0989. The second kappa shape index (κ2) is 12.8. The topological polar surface area (TPSA) is 39.3 Å². The Morgan fingerprint density at radius 1 is 0.838 bits per heavy atom. The third kappa shape index (κ3) is 8.20. The van der Waals surface area contributed by atoms with E-state index in [1.807, 2.05) is 17.0 Å². The van der Waals surface area contributed by atoms with Gasteiger partial charge in [-0.3, -0.25) is 9.69 Å². The number of carbonyl (C=O) groups excluding carboxylic acids is 1. The van der Waals surface area contributed by atoms with E-state index in [0.717, 1.165) is 70.1 Å². The molecule has 0 N–H and O–H groups in total. The summed E-state index contributed by atoms with van der Waals surface area (Å²) in [6.07, 6.45) is 2.24. The molecule has 0 unspecified atom stereocenters. The number of anilines is 2. The van der Waals surface area contributed by atoms with Gasteiger partial charge in [-0.1, -0.05) is 0 Å². The number of benzene rings is 2. The molecule has 2 aliphatic rings. The van der Waals surface area contributed by atoms with Crippen LogP contribution in [-0.4, -0.2) is 87.2 Å². The van der Waals surface area contributed by atoms with Gasteiger partial charge in [-0.2, -0.15) is 13.2 Å². The van der Waals surface area contributed by atoms with Crippen LogP contribution < -0.4 is 14.5 Å². The van der Waals surface area contributed by atoms with Crippen LogP contribution >= 0.6 is 11.8 Å². The van der Waals surface area contributed by atoms with E-state index in [-0.39, 0.29) is 22.6 Å². The molecule has 0 atom stereocenters. The van der Waals surface area contributed by atoms with E-state index in [1.165, 1.54) is 17.8 Å². The van der Waals surface area contributed by atoms with Gasteiger partial charge in [0.2, 0.25) is 5.91 Å². The number of hydrogen-bond donors (Lipinski definition) is 0. The third-order valence-corrected chi connectivity index (χ3v) is 7.70. The maximum Gasteiger partial charge on any atom is 0.446 e. The molecule has 6 nitrogen and oxygen atoms in total. The number of rotatable bonds is 8. The standard InChI is InChI=1S/C27H35F3N4O2S/c1-36-24-9-5-22(6-10-24)33-18-16-31(17-19-33)13-2-4-26(35)34-15-3-14-32(20-21-34)23-7-11-25(12-8-23)37-27(28,29)30/h5-12H,2-4,13-21H2,1H3. The minimum atomic E-state index is -4.28. The van der Waals surface area contributed by atoms with Crippen molar-refractivity contribution < 1.29 is 22.7 Å². The second-order valence-corrected chi connectivity index (χ2v) is 10.5. The highest BCUT2D eigenvalue weighted by atomic mass is 32.2. The Morgan fingerprint density at radius 2 is 1.43 bits per heavy atom. The zero-order chi connectivity index (χ0) is 26.3. The van der Waals surface area contributed by atoms with Gasteiger partial charge in [-0.25, -0.2) is 0 Å². The van der Waals surface area contributed by atoms with Crippen molar-refractivity contribution in [2.24, 2.45) is 0 Å². The molecule has 2 aromatic carbocycles. The molecule has 2 aromatic rings. The number of thioether (sulfide) groups is 1. The molecule has 10 heteroatoms. The molecule has 0 aromatic heterocycles. The first-order valence-electron chi connectivity index (χ1n) is 12.8. The van der Waals surface area contributed by atoms with Crippen molar-refractivity contribution in [1.82, 2.24) is 9.80 Å². The highest BCUT2D eigenvalue weighted by molar-refractivity contribution is 8.00. The summed E-state index contributed by atoms with van der Waals surface area (Å²) in [4.78, 5) is 21.9. The van der Waals surface area contributed by atoms with Crippen LogP contribution in [0.15, 0.2) is 53.4 Å². The first-order valence-corrected chi connectivity index (χ1v) is 13.6. The Hall–Kier alpha value is -2.59. The van der Waals surface area contributed by atoms with Crippen LogP contribution in [0.5, 0.6) is 5.75 Å². The number of alkyl halides is 3. The molecule has 4 rings (SSSR count). The van der Waals surface area contributed by atoms with Gasteiger partial charge in [0.05, 0.1) is 7.11 Å². The highest BCUT2D eigenvalue weighted by Gasteiger charge is 2.29. The van der Waals surface area contributed by atoms with Crippen LogP contribution in [-0.2, 0) is 4.79 Å². The predicted octanol–water partition coefficient (Wildman–Crippen LogP) is 4.95. The third-order valence-electron chi connectivity index (χ3n) is 6.96. The fourth-order valence-corrected chi connectivity index (χ4v) is 5.46. The molecule has 2 saturated heterocycles. The lowest BCUT2D eigenvalue weighted by atomic mass is 10.2. The van der Waals surface area contributed by atoms with Crippen LogP contribution in [0, 0.1) is 0 Å². The smallest absolute Gasteiger partial charge is 0.446 e. The van der Waals surface area contributed by atoms with Crippen molar-refractivity contribution in [3.63, 3.8) is 0 Å². The molecule has 1 amide bonds. The van der Waals surface area contributed by atoms with E-state index in [0.29, 0.717) is 19.5 Å². The van der Waals surface area contributed by atoms with Crippen LogP contribution in [0.2, 0.25) is 0 Å². The minimum Gasteiger partial charge on any atom is -0.497 e. The summed E-state index contributed by atoms with van der Waals surface area (Å²) in [7, 11) is 1.67. The molecule has 0 spiro atoms. The van der Waals surface area contributed by atoms with Gasteiger partial charge in [-0.05, 0) is 79.7 Å². The fraction of sp³-hybridized carbons (Fsp3) is 0.519. The van der Waals surface area contributed by atoms with Gasteiger partial charge in [-0.15, -0.1) is 0 Å². The van der Waals surface area contributed by atoms with Gasteiger partial charge in [0, 0.05) is 75.0 Å². The molecular weight excluding hydrogens is 501 g/mol. The first-order chi connectivity index (χ1) is 17.8. The number of ether oxygens (including phenoxy) is 1. The van der Waals surface area contributed by atoms with Crippen molar-refractivity contribution >= 4 is 29.0 Å². The lowest BCUT2D eigenvalue weighted by Crippen LogP contribution is -2.46. The summed E-state index contributed by atoms with van der Waals surface area (Å²) in [5.41, 5.74) is -2.17. The molecule has 2 fully saturated rings. The zero-order valence-corrected chi connectivity index (χ0v) is 22.1. The highest BCUT2D eigenvalue weighted by Crippen LogP contribution is 2.37. The number of methoxy groups -OCH3 is 1. The van der Waals surface area contributed by atoms with Crippen LogP contribution in [0.4, 0.5) is 24.5 Å². The molecule has 37 heavy (non-hydrogen) atoms. The average molecular weight is 537 g/mol. The molecule has 202 valence electrons. The number of halogens is 3. The number of nitrogens with zero attached hydrogens (tertiary/aromatic N) is 4. The van der Waals surface area contributed by atoms with Crippen molar-refractivity contribution in [2.75, 3.05) is 75.8 Å². The minimum absolute atomic E-state index is 0.0989. The largest absolute Gasteiger partial charge is 0.497 e. The molecule has 2 heterocycles. The van der Waals surface area contributed by atoms with Gasteiger partial charge in [0.15, 0.2) is 0 Å². The van der Waals surface area contributed by atoms with E-state index < -0.39 is 5.51 Å². The summed E-state index contributed by atoms with van der Waals surface area (Å²) in [5.74, 6) is 1.05. The number of amides is 1. The van der Waals surface area contributed by atoms with Crippen LogP contribution in [0.1, 0.15) is 19.3 Å². The quantitative estimate of drug-likeness (QED) is 0.445. The average Bonchev–Trinajstić information content (AvgIpc) is 3.15. The number of hydrogen-bond acceptors (Lipinski definition) is 6. The summed E-state index contributed by atoms with van der Waals surface area (Å²) in [6, 6.07) is 14.7. The van der Waals surface area contributed by atoms with Gasteiger partial charge in [0.25, 0.3) is 0 Å². The molecule has 0 aliphatic carbocycles. The summed E-state index contributed by atoms with van der Waals surface area (Å²) in [5, 5.41) is 0. The van der Waals surface area contributed by atoms with E-state index in [9.17, 15) is 18.0 Å². The van der Waals surface area contributed by atoms with Crippen molar-refractivity contribution in [3.8, 4) is 5.75 Å². The number of carbonyl (C=O) groups is 1. The van der Waals surface area contributed by atoms with E-state index in [2.05, 4.69) is 26.8 Å². The second-order valence-electron chi connectivity index (χ2n) is 9.39. The fourth-order valence-electron chi connectivity index (χ4n) is 4.92. The van der Waals surface area contributed by atoms with Crippen LogP contribution in [0.3, 0.4) is 0 Å². The van der Waals surface area contributed by atoms with Gasteiger partial charge in [0.1, 0.15) is 5.75 Å². The molecule has 0 radical (unpaired) electrons. The lowest BCUT2D eigenvalue weighted by Gasteiger charge is -2.36. The first kappa shape index (κ1) is 27.4. The van der Waals surface area contributed by atoms with E-state index in [1.54, 1.807) is 19.2 Å². The number of piperazine rings is 1. The Kier molecular flexibility index (Phi) is 9.48. The Morgan fingerprint density at radius 3 is 2.05 bits per heavy atom. The molecule has 2 aliphatic heterocycles. The Balaban J connectivity index is 1.16. The van der Waals surface area contributed by atoms with Gasteiger partial charge < -0.3 is 19.4 Å². The van der Waals surface area contributed by atoms with Crippen molar-refractivity contribution in [1.29, 1.82) is 0 Å². The lowest BCUT2D eigenvalue weighted by molar-refractivity contribution is -0.131. The van der Waals surface area contributed by atoms with Gasteiger partial charge >= 0.3 is 5.51 Å². The molecular formula is C27H35F3N4O2S. The Bertz CT molecular complexity index is 996. The normalized spacial score (nSPS) is 17.6. The molecule has 0 bridgehead atoms. The van der Waals surface area contributed by atoms with E-state index >= 15 is 0 Å². The SMILES string of the molecule is COc1ccc(N2CCN(CCCC(=O)N3CCCN(c4ccc(SC(F)(F)F)cc4)CC3)CC2)cc1.